The van der Waals surface area contributed by atoms with E-state index >= 15 is 0 Å². The number of pyridine rings is 1. The number of aliphatic hydroxyl groups excluding tert-OH is 1. The molecule has 0 aliphatic rings. The third-order valence-electron chi connectivity index (χ3n) is 3.60. The molecule has 0 fully saturated rings. The van der Waals surface area contributed by atoms with Gasteiger partial charge in [-0.3, -0.25) is 4.98 Å². The van der Waals surface area contributed by atoms with E-state index in [1.54, 1.807) is 6.20 Å². The van der Waals surface area contributed by atoms with E-state index in [4.69, 9.17) is 5.73 Å². The molecule has 0 saturated carbocycles. The van der Waals surface area contributed by atoms with Gasteiger partial charge in [0, 0.05) is 29.9 Å². The van der Waals surface area contributed by atoms with Gasteiger partial charge in [-0.15, -0.1) is 0 Å². The second-order valence-corrected chi connectivity index (χ2v) is 6.18. The molecular weight excluding hydrogens is 250 g/mol. The number of aliphatic hydroxyl groups is 1. The first-order chi connectivity index (χ1) is 9.43. The van der Waals surface area contributed by atoms with E-state index in [9.17, 15) is 5.11 Å². The number of nitrogens with one attached hydrogen (secondary N) is 1. The quantitative estimate of drug-likeness (QED) is 0.749. The average Bonchev–Trinajstić information content (AvgIpc) is 2.40. The van der Waals surface area contributed by atoms with Crippen LogP contribution in [0.5, 0.6) is 0 Å². The molecule has 0 radical (unpaired) electrons. The molecule has 1 heterocycles. The Labute approximate surface area is 120 Å². The normalized spacial score (nSPS) is 13.4. The number of nitrogen functional groups attached to an aromatic ring is 1. The molecule has 1 unspecified atom stereocenters. The van der Waals surface area contributed by atoms with Crippen molar-refractivity contribution in [3.05, 3.63) is 30.5 Å². The molecule has 0 bridgehead atoms. The molecule has 0 saturated heterocycles. The van der Waals surface area contributed by atoms with Gasteiger partial charge in [0.2, 0.25) is 0 Å². The van der Waals surface area contributed by atoms with Crippen molar-refractivity contribution >= 4 is 22.3 Å². The summed E-state index contributed by atoms with van der Waals surface area (Å²) in [7, 11) is 0. The van der Waals surface area contributed by atoms with Crippen LogP contribution in [0.3, 0.4) is 0 Å². The number of aromatic nitrogens is 1. The Kier molecular flexibility index (Phi) is 4.14. The van der Waals surface area contributed by atoms with E-state index in [1.165, 1.54) is 0 Å². The first kappa shape index (κ1) is 14.6. The number of hydrogen-bond acceptors (Lipinski definition) is 4. The maximum absolute atomic E-state index is 9.26. The van der Waals surface area contributed by atoms with Crippen LogP contribution in [0.2, 0.25) is 0 Å². The van der Waals surface area contributed by atoms with Crippen LogP contribution in [-0.2, 0) is 0 Å². The summed E-state index contributed by atoms with van der Waals surface area (Å²) in [6, 6.07) is 7.88. The smallest absolute Gasteiger partial charge is 0.0953 e. The lowest BCUT2D eigenvalue weighted by Crippen LogP contribution is -2.35. The van der Waals surface area contributed by atoms with Crippen molar-refractivity contribution in [2.24, 2.45) is 5.41 Å². The predicted octanol–water partition coefficient (Wildman–Crippen LogP) is 3.03. The second kappa shape index (κ2) is 5.67. The van der Waals surface area contributed by atoms with Gasteiger partial charge in [-0.1, -0.05) is 20.8 Å². The minimum Gasteiger partial charge on any atom is -0.398 e. The number of benzene rings is 1. The van der Waals surface area contributed by atoms with Gasteiger partial charge >= 0.3 is 0 Å². The Hall–Kier alpha value is -1.81. The first-order valence-corrected chi connectivity index (χ1v) is 6.94. The third kappa shape index (κ3) is 3.02. The molecule has 2 rings (SSSR count). The average molecular weight is 273 g/mol. The van der Waals surface area contributed by atoms with Crippen LogP contribution in [0.4, 0.5) is 11.4 Å². The Morgan fingerprint density at radius 1 is 1.30 bits per heavy atom. The van der Waals surface area contributed by atoms with Crippen LogP contribution in [0.25, 0.3) is 10.9 Å². The maximum Gasteiger partial charge on any atom is 0.0953 e. The van der Waals surface area contributed by atoms with Gasteiger partial charge < -0.3 is 16.2 Å². The zero-order chi connectivity index (χ0) is 14.8. The Bertz CT molecular complexity index is 590. The maximum atomic E-state index is 9.26. The van der Waals surface area contributed by atoms with Gasteiger partial charge in [0.25, 0.3) is 0 Å². The summed E-state index contributed by atoms with van der Waals surface area (Å²) in [4.78, 5) is 4.43. The van der Waals surface area contributed by atoms with Gasteiger partial charge in [0.15, 0.2) is 0 Å². The number of hydrogen-bond donors (Lipinski definition) is 3. The lowest BCUT2D eigenvalue weighted by atomic mass is 9.84. The molecule has 20 heavy (non-hydrogen) atoms. The Morgan fingerprint density at radius 2 is 2.05 bits per heavy atom. The number of rotatable bonds is 4. The largest absolute Gasteiger partial charge is 0.398 e. The minimum absolute atomic E-state index is 0.0468. The highest BCUT2D eigenvalue weighted by atomic mass is 16.3. The molecule has 0 amide bonds. The van der Waals surface area contributed by atoms with Crippen LogP contribution in [0.15, 0.2) is 30.5 Å². The fourth-order valence-electron chi connectivity index (χ4n) is 2.35. The summed E-state index contributed by atoms with van der Waals surface area (Å²) in [5.41, 5.74) is 8.61. The predicted molar refractivity (Wildman–Crippen MR) is 84.7 cm³/mol. The molecule has 1 atom stereocenters. The van der Waals surface area contributed by atoms with Crippen molar-refractivity contribution in [3.8, 4) is 0 Å². The summed E-state index contributed by atoms with van der Waals surface area (Å²) in [6.45, 7) is 6.64. The van der Waals surface area contributed by atoms with Crippen molar-refractivity contribution < 1.29 is 5.11 Å². The van der Waals surface area contributed by atoms with E-state index in [2.05, 4.69) is 31.1 Å². The molecule has 0 spiro atoms. The number of nitrogens with two attached hydrogens (primary N) is 1. The monoisotopic (exact) mass is 273 g/mol. The molecule has 108 valence electrons. The molecule has 4 N–H and O–H groups in total. The number of anilines is 2. The summed E-state index contributed by atoms with van der Waals surface area (Å²) in [6.07, 6.45) is 2.47. The summed E-state index contributed by atoms with van der Waals surface area (Å²) >= 11 is 0. The summed E-state index contributed by atoms with van der Waals surface area (Å²) in [5.74, 6) is 0. The molecule has 1 aromatic carbocycles. The van der Waals surface area contributed by atoms with Crippen LogP contribution >= 0.6 is 0 Å². The van der Waals surface area contributed by atoms with E-state index in [-0.39, 0.29) is 18.1 Å². The molecule has 2 aromatic rings. The first-order valence-electron chi connectivity index (χ1n) is 6.94. The molecule has 4 nitrogen and oxygen atoms in total. The van der Waals surface area contributed by atoms with Crippen molar-refractivity contribution in [1.29, 1.82) is 0 Å². The second-order valence-electron chi connectivity index (χ2n) is 6.18. The lowest BCUT2D eigenvalue weighted by Gasteiger charge is -2.32. The van der Waals surface area contributed by atoms with Crippen LogP contribution < -0.4 is 11.1 Å². The highest BCUT2D eigenvalue weighted by Gasteiger charge is 2.24. The van der Waals surface area contributed by atoms with E-state index in [0.29, 0.717) is 6.42 Å². The lowest BCUT2D eigenvalue weighted by molar-refractivity contribution is 0.235. The molecule has 0 aliphatic carbocycles. The zero-order valence-corrected chi connectivity index (χ0v) is 12.4. The van der Waals surface area contributed by atoms with Crippen LogP contribution in [0.1, 0.15) is 27.2 Å². The van der Waals surface area contributed by atoms with Crippen molar-refractivity contribution in [2.45, 2.75) is 33.2 Å². The van der Waals surface area contributed by atoms with E-state index in [1.807, 2.05) is 24.3 Å². The molecular formula is C16H23N3O. The highest BCUT2D eigenvalue weighted by molar-refractivity contribution is 5.98. The fourth-order valence-corrected chi connectivity index (χ4v) is 2.35. The van der Waals surface area contributed by atoms with E-state index in [0.717, 1.165) is 22.3 Å². The SMILES string of the molecule is CC(C)(C)C(CCO)Nc1ccc(N)c2cccnc12. The topological polar surface area (TPSA) is 71.2 Å². The van der Waals surface area contributed by atoms with Crippen LogP contribution in [-0.4, -0.2) is 22.7 Å². The van der Waals surface area contributed by atoms with Gasteiger partial charge in [-0.05, 0) is 36.1 Å². The van der Waals surface area contributed by atoms with Crippen molar-refractivity contribution in [2.75, 3.05) is 17.7 Å². The van der Waals surface area contributed by atoms with Crippen molar-refractivity contribution in [3.63, 3.8) is 0 Å². The highest BCUT2D eigenvalue weighted by Crippen LogP contribution is 2.30. The van der Waals surface area contributed by atoms with Gasteiger partial charge in [-0.25, -0.2) is 0 Å². The molecule has 0 aliphatic heterocycles. The molecule has 4 heteroatoms. The standard InChI is InChI=1S/C16H23N3O/c1-16(2,3)14(8-10-20)19-13-7-6-12(17)11-5-4-9-18-15(11)13/h4-7,9,14,19-20H,8,10,17H2,1-3H3. The van der Waals surface area contributed by atoms with Crippen LogP contribution in [0, 0.1) is 5.41 Å². The van der Waals surface area contributed by atoms with Crippen molar-refractivity contribution in [1.82, 2.24) is 4.98 Å². The third-order valence-corrected chi connectivity index (χ3v) is 3.60. The fraction of sp³-hybridized carbons (Fsp3) is 0.438. The van der Waals surface area contributed by atoms with E-state index < -0.39 is 0 Å². The Balaban J connectivity index is 2.40. The zero-order valence-electron chi connectivity index (χ0n) is 12.4. The Morgan fingerprint density at radius 3 is 2.70 bits per heavy atom. The van der Waals surface area contributed by atoms with Gasteiger partial charge in [0.05, 0.1) is 11.2 Å². The summed E-state index contributed by atoms with van der Waals surface area (Å²) < 4.78 is 0. The number of fused-ring (bicyclic) bond motifs is 1. The number of nitrogens with zero attached hydrogens (tertiary/aromatic N) is 1. The van der Waals surface area contributed by atoms with Gasteiger partial charge in [-0.2, -0.15) is 0 Å². The molecule has 1 aromatic heterocycles. The summed E-state index contributed by atoms with van der Waals surface area (Å²) in [5, 5.41) is 13.7. The minimum atomic E-state index is 0.0468. The van der Waals surface area contributed by atoms with Gasteiger partial charge in [0.1, 0.15) is 0 Å².